The zero-order chi connectivity index (χ0) is 19.8. The van der Waals surface area contributed by atoms with Gasteiger partial charge in [0.15, 0.2) is 6.61 Å². The van der Waals surface area contributed by atoms with Crippen LogP contribution >= 0.6 is 23.4 Å². The predicted molar refractivity (Wildman–Crippen MR) is 109 cm³/mol. The number of rotatable bonds is 8. The number of esters is 1. The Kier molecular flexibility index (Phi) is 7.88. The minimum absolute atomic E-state index is 0.00576. The van der Waals surface area contributed by atoms with Crippen LogP contribution in [-0.4, -0.2) is 35.8 Å². The lowest BCUT2D eigenvalue weighted by Gasteiger charge is -2.08. The van der Waals surface area contributed by atoms with E-state index in [1.807, 2.05) is 26.0 Å². The number of hydrogen-bond donors (Lipinski definition) is 1. The van der Waals surface area contributed by atoms with Gasteiger partial charge in [-0.2, -0.15) is 0 Å². The van der Waals surface area contributed by atoms with Gasteiger partial charge in [0.25, 0.3) is 0 Å². The van der Waals surface area contributed by atoms with Crippen molar-refractivity contribution < 1.29 is 19.1 Å². The van der Waals surface area contributed by atoms with E-state index in [4.69, 9.17) is 16.3 Å². The van der Waals surface area contributed by atoms with Crippen LogP contribution in [0.3, 0.4) is 0 Å². The zero-order valence-corrected chi connectivity index (χ0v) is 16.7. The van der Waals surface area contributed by atoms with Crippen molar-refractivity contribution in [3.63, 3.8) is 0 Å². The van der Waals surface area contributed by atoms with Crippen LogP contribution in [0.4, 0.5) is 5.69 Å². The summed E-state index contributed by atoms with van der Waals surface area (Å²) in [4.78, 5) is 35.7. The van der Waals surface area contributed by atoms with Gasteiger partial charge in [0.05, 0.1) is 11.5 Å². The number of aryl methyl sites for hydroxylation is 2. The molecule has 5 nitrogen and oxygen atoms in total. The van der Waals surface area contributed by atoms with Gasteiger partial charge in [0.2, 0.25) is 11.7 Å². The lowest BCUT2D eigenvalue weighted by Crippen LogP contribution is -2.18. The average molecular weight is 406 g/mol. The summed E-state index contributed by atoms with van der Waals surface area (Å²) in [6.07, 6.45) is 0. The van der Waals surface area contributed by atoms with Crippen molar-refractivity contribution in [2.75, 3.05) is 23.4 Å². The van der Waals surface area contributed by atoms with Gasteiger partial charge < -0.3 is 10.1 Å². The number of carbonyl (C=O) groups is 3. The number of ketones is 1. The minimum Gasteiger partial charge on any atom is -0.457 e. The molecule has 2 aromatic carbocycles. The number of thioether (sulfide) groups is 1. The summed E-state index contributed by atoms with van der Waals surface area (Å²) in [7, 11) is 0. The molecule has 0 radical (unpaired) electrons. The maximum absolute atomic E-state index is 12.1. The van der Waals surface area contributed by atoms with Gasteiger partial charge in [-0.15, -0.1) is 11.8 Å². The predicted octanol–water partition coefficient (Wildman–Crippen LogP) is 4.05. The monoisotopic (exact) mass is 405 g/mol. The Morgan fingerprint density at radius 2 is 1.74 bits per heavy atom. The van der Waals surface area contributed by atoms with Gasteiger partial charge in [0.1, 0.15) is 0 Å². The molecule has 1 N–H and O–H groups in total. The Balaban J connectivity index is 1.69. The van der Waals surface area contributed by atoms with Crippen molar-refractivity contribution in [1.82, 2.24) is 0 Å². The first-order chi connectivity index (χ1) is 12.8. The molecule has 0 heterocycles. The van der Waals surface area contributed by atoms with Gasteiger partial charge >= 0.3 is 5.97 Å². The highest BCUT2D eigenvalue weighted by molar-refractivity contribution is 8.00. The number of halogens is 1. The standard InChI is InChI=1S/C20H20ClNO4S/c1-13-3-8-17(14(2)9-13)18(23)10-26-20(25)12-27-11-19(24)22-16-6-4-15(21)5-7-16/h3-9H,10-12H2,1-2H3,(H,22,24). The lowest BCUT2D eigenvalue weighted by molar-refractivity contribution is -0.139. The molecule has 27 heavy (non-hydrogen) atoms. The van der Waals surface area contributed by atoms with Crippen LogP contribution in [0, 0.1) is 13.8 Å². The second-order valence-electron chi connectivity index (χ2n) is 5.95. The summed E-state index contributed by atoms with van der Waals surface area (Å²) in [5.41, 5.74) is 3.09. The molecule has 2 rings (SSSR count). The van der Waals surface area contributed by atoms with Gasteiger partial charge in [-0.25, -0.2) is 0 Å². The van der Waals surface area contributed by atoms with Crippen LogP contribution in [-0.2, 0) is 14.3 Å². The molecule has 142 valence electrons. The van der Waals surface area contributed by atoms with Crippen LogP contribution in [0.2, 0.25) is 5.02 Å². The molecule has 0 aliphatic heterocycles. The molecule has 2 aromatic rings. The number of anilines is 1. The number of nitrogens with one attached hydrogen (secondary N) is 1. The maximum atomic E-state index is 12.1. The third kappa shape index (κ3) is 7.07. The number of Topliss-reactive ketones (excluding diaryl/α,β-unsaturated/α-hetero) is 1. The van der Waals surface area contributed by atoms with Crippen molar-refractivity contribution in [3.8, 4) is 0 Å². The fourth-order valence-corrected chi connectivity index (χ4v) is 3.08. The smallest absolute Gasteiger partial charge is 0.316 e. The van der Waals surface area contributed by atoms with Crippen LogP contribution in [0.5, 0.6) is 0 Å². The van der Waals surface area contributed by atoms with Crippen LogP contribution < -0.4 is 5.32 Å². The number of amides is 1. The van der Waals surface area contributed by atoms with Gasteiger partial charge in [-0.3, -0.25) is 14.4 Å². The van der Waals surface area contributed by atoms with E-state index in [1.54, 1.807) is 30.3 Å². The average Bonchev–Trinajstić information content (AvgIpc) is 2.61. The topological polar surface area (TPSA) is 72.5 Å². The highest BCUT2D eigenvalue weighted by Crippen LogP contribution is 2.14. The largest absolute Gasteiger partial charge is 0.457 e. The van der Waals surface area contributed by atoms with E-state index in [9.17, 15) is 14.4 Å². The zero-order valence-electron chi connectivity index (χ0n) is 15.1. The normalized spacial score (nSPS) is 10.3. The molecule has 0 aromatic heterocycles. The molecule has 0 fully saturated rings. The van der Waals surface area contributed by atoms with E-state index in [0.29, 0.717) is 16.3 Å². The Hall–Kier alpha value is -2.31. The second-order valence-corrected chi connectivity index (χ2v) is 7.37. The molecule has 1 amide bonds. The van der Waals surface area contributed by atoms with Crippen molar-refractivity contribution in [2.24, 2.45) is 0 Å². The molecule has 0 saturated heterocycles. The second kappa shape index (κ2) is 10.1. The van der Waals surface area contributed by atoms with Crippen molar-refractivity contribution in [2.45, 2.75) is 13.8 Å². The maximum Gasteiger partial charge on any atom is 0.316 e. The van der Waals surface area contributed by atoms with Crippen molar-refractivity contribution >= 4 is 46.7 Å². The molecule has 0 aliphatic rings. The Bertz CT molecular complexity index is 836. The highest BCUT2D eigenvalue weighted by atomic mass is 35.5. The van der Waals surface area contributed by atoms with Gasteiger partial charge in [0, 0.05) is 16.3 Å². The fourth-order valence-electron chi connectivity index (χ4n) is 2.35. The van der Waals surface area contributed by atoms with Crippen molar-refractivity contribution in [1.29, 1.82) is 0 Å². The first-order valence-corrected chi connectivity index (χ1v) is 9.77. The van der Waals surface area contributed by atoms with E-state index in [-0.39, 0.29) is 29.8 Å². The van der Waals surface area contributed by atoms with E-state index >= 15 is 0 Å². The summed E-state index contributed by atoms with van der Waals surface area (Å²) in [6.45, 7) is 3.49. The molecular formula is C20H20ClNO4S. The first-order valence-electron chi connectivity index (χ1n) is 8.24. The summed E-state index contributed by atoms with van der Waals surface area (Å²) in [5.74, 6) is -0.915. The molecule has 0 saturated carbocycles. The van der Waals surface area contributed by atoms with Crippen LogP contribution in [0.25, 0.3) is 0 Å². The Morgan fingerprint density at radius 3 is 2.41 bits per heavy atom. The first kappa shape index (κ1) is 21.0. The molecular weight excluding hydrogens is 386 g/mol. The third-order valence-electron chi connectivity index (χ3n) is 3.63. The summed E-state index contributed by atoms with van der Waals surface area (Å²) >= 11 is 6.90. The number of hydrogen-bond acceptors (Lipinski definition) is 5. The number of carbonyl (C=O) groups excluding carboxylic acids is 3. The third-order valence-corrected chi connectivity index (χ3v) is 4.79. The van der Waals surface area contributed by atoms with E-state index in [2.05, 4.69) is 5.32 Å². The molecule has 0 unspecified atom stereocenters. The van der Waals surface area contributed by atoms with Crippen molar-refractivity contribution in [3.05, 3.63) is 64.2 Å². The molecule has 0 atom stereocenters. The van der Waals surface area contributed by atoms with Crippen LogP contribution in [0.1, 0.15) is 21.5 Å². The highest BCUT2D eigenvalue weighted by Gasteiger charge is 2.13. The molecule has 0 aliphatic carbocycles. The fraction of sp³-hybridized carbons (Fsp3) is 0.250. The van der Waals surface area contributed by atoms with Crippen LogP contribution in [0.15, 0.2) is 42.5 Å². The number of benzene rings is 2. The summed E-state index contributed by atoms with van der Waals surface area (Å²) in [6, 6.07) is 12.2. The van der Waals surface area contributed by atoms with E-state index in [0.717, 1.165) is 22.9 Å². The summed E-state index contributed by atoms with van der Waals surface area (Å²) < 4.78 is 5.00. The molecule has 0 bridgehead atoms. The van der Waals surface area contributed by atoms with Gasteiger partial charge in [-0.1, -0.05) is 35.4 Å². The Labute approximate surface area is 167 Å². The molecule has 0 spiro atoms. The summed E-state index contributed by atoms with van der Waals surface area (Å²) in [5, 5.41) is 3.28. The van der Waals surface area contributed by atoms with E-state index < -0.39 is 5.97 Å². The number of ether oxygens (including phenoxy) is 1. The van der Waals surface area contributed by atoms with E-state index in [1.165, 1.54) is 0 Å². The Morgan fingerprint density at radius 1 is 1.04 bits per heavy atom. The minimum atomic E-state index is -0.530. The molecule has 7 heteroatoms. The lowest BCUT2D eigenvalue weighted by atomic mass is 10.0. The van der Waals surface area contributed by atoms with Gasteiger partial charge in [-0.05, 0) is 43.7 Å². The SMILES string of the molecule is Cc1ccc(C(=O)COC(=O)CSCC(=O)Nc2ccc(Cl)cc2)c(C)c1. The quantitative estimate of drug-likeness (QED) is 0.529.